The van der Waals surface area contributed by atoms with Crippen molar-refractivity contribution in [1.82, 2.24) is 4.98 Å². The number of rotatable bonds is 1. The summed E-state index contributed by atoms with van der Waals surface area (Å²) in [6.45, 7) is 4.14. The minimum absolute atomic E-state index is 0.801. The minimum Gasteiger partial charge on any atom is -0.253 e. The van der Waals surface area contributed by atoms with E-state index in [1.165, 1.54) is 5.56 Å². The Morgan fingerprint density at radius 3 is 2.79 bits per heavy atom. The van der Waals surface area contributed by atoms with Gasteiger partial charge in [0.2, 0.25) is 0 Å². The fourth-order valence-electron chi connectivity index (χ4n) is 1.53. The Balaban J connectivity index is 2.76. The maximum Gasteiger partial charge on any atom is 0.0720 e. The van der Waals surface area contributed by atoms with Gasteiger partial charge in [0.15, 0.2) is 0 Å². The summed E-state index contributed by atoms with van der Waals surface area (Å²) in [7, 11) is 0. The van der Waals surface area contributed by atoms with Crippen molar-refractivity contribution in [2.24, 2.45) is 0 Å². The first-order valence-electron chi connectivity index (χ1n) is 4.76. The van der Waals surface area contributed by atoms with Crippen molar-refractivity contribution < 1.29 is 0 Å². The molecule has 0 aliphatic heterocycles. The molecule has 1 aromatic carbocycles. The maximum atomic E-state index is 6.17. The minimum atomic E-state index is 0.801. The first kappa shape index (κ1) is 9.47. The number of aryl methyl sites for hydroxylation is 2. The molecule has 0 bridgehead atoms. The fraction of sp³-hybridized carbons (Fsp3) is 0.250. The van der Waals surface area contributed by atoms with Crippen molar-refractivity contribution >= 4 is 22.5 Å². The second kappa shape index (κ2) is 3.58. The van der Waals surface area contributed by atoms with Gasteiger partial charge in [-0.25, -0.2) is 0 Å². The van der Waals surface area contributed by atoms with Gasteiger partial charge in [-0.1, -0.05) is 30.2 Å². The molecule has 1 nitrogen and oxygen atoms in total. The number of halogens is 1. The van der Waals surface area contributed by atoms with E-state index in [0.717, 1.165) is 28.0 Å². The maximum absolute atomic E-state index is 6.17. The van der Waals surface area contributed by atoms with Gasteiger partial charge in [0.25, 0.3) is 0 Å². The van der Waals surface area contributed by atoms with E-state index in [-0.39, 0.29) is 0 Å². The van der Waals surface area contributed by atoms with Crippen LogP contribution in [0.25, 0.3) is 10.9 Å². The summed E-state index contributed by atoms with van der Waals surface area (Å²) in [6, 6.07) is 8.11. The highest BCUT2D eigenvalue weighted by atomic mass is 35.5. The molecule has 1 heterocycles. The molecule has 2 rings (SSSR count). The number of nitrogens with zero attached hydrogens (tertiary/aromatic N) is 1. The third-order valence-corrected chi connectivity index (χ3v) is 2.64. The van der Waals surface area contributed by atoms with Gasteiger partial charge in [-0.3, -0.25) is 4.98 Å². The molecule has 2 aromatic rings. The first-order chi connectivity index (χ1) is 6.70. The van der Waals surface area contributed by atoms with Crippen LogP contribution in [-0.4, -0.2) is 4.98 Å². The van der Waals surface area contributed by atoms with Crippen LogP contribution in [0.5, 0.6) is 0 Å². The average Bonchev–Trinajstić information content (AvgIpc) is 2.19. The summed E-state index contributed by atoms with van der Waals surface area (Å²) in [5, 5.41) is 1.85. The number of hydrogen-bond donors (Lipinski definition) is 0. The lowest BCUT2D eigenvalue weighted by Crippen LogP contribution is -1.89. The summed E-state index contributed by atoms with van der Waals surface area (Å²) < 4.78 is 0. The summed E-state index contributed by atoms with van der Waals surface area (Å²) in [4.78, 5) is 4.51. The highest BCUT2D eigenvalue weighted by Crippen LogP contribution is 2.24. The van der Waals surface area contributed by atoms with Crippen LogP contribution in [-0.2, 0) is 6.42 Å². The molecule has 14 heavy (non-hydrogen) atoms. The molecule has 0 aliphatic rings. The Kier molecular flexibility index (Phi) is 2.42. The van der Waals surface area contributed by atoms with Crippen LogP contribution >= 0.6 is 11.6 Å². The zero-order valence-electron chi connectivity index (χ0n) is 8.34. The molecular formula is C12H12ClN. The van der Waals surface area contributed by atoms with Crippen LogP contribution in [0, 0.1) is 6.92 Å². The van der Waals surface area contributed by atoms with Crippen LogP contribution in [0.15, 0.2) is 24.3 Å². The highest BCUT2D eigenvalue weighted by molar-refractivity contribution is 6.35. The second-order valence-corrected chi connectivity index (χ2v) is 3.88. The van der Waals surface area contributed by atoms with Gasteiger partial charge >= 0.3 is 0 Å². The monoisotopic (exact) mass is 205 g/mol. The van der Waals surface area contributed by atoms with Crippen LogP contribution in [0.4, 0.5) is 0 Å². The number of benzene rings is 1. The van der Waals surface area contributed by atoms with E-state index in [4.69, 9.17) is 11.6 Å². The molecule has 0 saturated carbocycles. The van der Waals surface area contributed by atoms with Crippen LogP contribution in [0.1, 0.15) is 18.2 Å². The zero-order valence-corrected chi connectivity index (χ0v) is 9.10. The molecule has 0 atom stereocenters. The molecular weight excluding hydrogens is 194 g/mol. The molecule has 0 amide bonds. The lowest BCUT2D eigenvalue weighted by atomic mass is 10.1. The molecule has 1 aromatic heterocycles. The highest BCUT2D eigenvalue weighted by Gasteiger charge is 2.02. The number of hydrogen-bond acceptors (Lipinski definition) is 1. The van der Waals surface area contributed by atoms with Gasteiger partial charge in [-0.2, -0.15) is 0 Å². The second-order valence-electron chi connectivity index (χ2n) is 3.47. The predicted molar refractivity (Wildman–Crippen MR) is 60.9 cm³/mol. The molecule has 0 saturated heterocycles. The first-order valence-corrected chi connectivity index (χ1v) is 5.14. The molecule has 0 N–H and O–H groups in total. The van der Waals surface area contributed by atoms with E-state index >= 15 is 0 Å². The summed E-state index contributed by atoms with van der Waals surface area (Å²) >= 11 is 6.17. The third kappa shape index (κ3) is 1.60. The largest absolute Gasteiger partial charge is 0.253 e. The van der Waals surface area contributed by atoms with Gasteiger partial charge in [-0.05, 0) is 31.5 Å². The molecule has 0 spiro atoms. The Bertz CT molecular complexity index is 477. The van der Waals surface area contributed by atoms with Gasteiger partial charge in [0.05, 0.1) is 10.5 Å². The molecule has 0 aliphatic carbocycles. The predicted octanol–water partition coefficient (Wildman–Crippen LogP) is 3.76. The van der Waals surface area contributed by atoms with E-state index in [1.54, 1.807) is 0 Å². The van der Waals surface area contributed by atoms with Crippen molar-refractivity contribution in [2.45, 2.75) is 20.3 Å². The lowest BCUT2D eigenvalue weighted by molar-refractivity contribution is 1.06. The summed E-state index contributed by atoms with van der Waals surface area (Å²) in [5.74, 6) is 0. The van der Waals surface area contributed by atoms with Crippen LogP contribution in [0.2, 0.25) is 5.02 Å². The lowest BCUT2D eigenvalue weighted by Gasteiger charge is -2.04. The standard InChI is InChI=1S/C12H12ClN/c1-3-9-7-11(13)10-6-8(2)4-5-12(10)14-9/h4-7H,3H2,1-2H3. The molecule has 0 unspecified atom stereocenters. The Morgan fingerprint density at radius 2 is 2.07 bits per heavy atom. The van der Waals surface area contributed by atoms with E-state index in [2.05, 4.69) is 31.0 Å². The Hall–Kier alpha value is -1.08. The van der Waals surface area contributed by atoms with Crippen LogP contribution < -0.4 is 0 Å². The quantitative estimate of drug-likeness (QED) is 0.691. The number of pyridine rings is 1. The van der Waals surface area contributed by atoms with E-state index in [1.807, 2.05) is 12.1 Å². The summed E-state index contributed by atoms with van der Waals surface area (Å²) in [5.41, 5.74) is 3.25. The SMILES string of the molecule is CCc1cc(Cl)c2cc(C)ccc2n1. The summed E-state index contributed by atoms with van der Waals surface area (Å²) in [6.07, 6.45) is 0.920. The fourth-order valence-corrected chi connectivity index (χ4v) is 1.81. The zero-order chi connectivity index (χ0) is 10.1. The topological polar surface area (TPSA) is 12.9 Å². The van der Waals surface area contributed by atoms with Crippen molar-refractivity contribution in [1.29, 1.82) is 0 Å². The van der Waals surface area contributed by atoms with Gasteiger partial charge in [-0.15, -0.1) is 0 Å². The molecule has 0 radical (unpaired) electrons. The van der Waals surface area contributed by atoms with Crippen LogP contribution in [0.3, 0.4) is 0 Å². The smallest absolute Gasteiger partial charge is 0.0720 e. The number of fused-ring (bicyclic) bond motifs is 1. The normalized spacial score (nSPS) is 10.8. The number of aromatic nitrogens is 1. The molecule has 72 valence electrons. The van der Waals surface area contributed by atoms with Crippen molar-refractivity contribution in [3.63, 3.8) is 0 Å². The Labute approximate surface area is 88.7 Å². The van der Waals surface area contributed by atoms with Crippen molar-refractivity contribution in [2.75, 3.05) is 0 Å². The van der Waals surface area contributed by atoms with E-state index < -0.39 is 0 Å². The average molecular weight is 206 g/mol. The van der Waals surface area contributed by atoms with Crippen molar-refractivity contribution in [3.8, 4) is 0 Å². The van der Waals surface area contributed by atoms with Gasteiger partial charge < -0.3 is 0 Å². The van der Waals surface area contributed by atoms with Gasteiger partial charge in [0.1, 0.15) is 0 Å². The van der Waals surface area contributed by atoms with E-state index in [0.29, 0.717) is 0 Å². The molecule has 0 fully saturated rings. The van der Waals surface area contributed by atoms with Gasteiger partial charge in [0, 0.05) is 11.1 Å². The van der Waals surface area contributed by atoms with Crippen molar-refractivity contribution in [3.05, 3.63) is 40.5 Å². The third-order valence-electron chi connectivity index (χ3n) is 2.33. The Morgan fingerprint density at radius 1 is 1.29 bits per heavy atom. The molecule has 2 heteroatoms. The van der Waals surface area contributed by atoms with E-state index in [9.17, 15) is 0 Å².